The molecule has 0 radical (unpaired) electrons. The summed E-state index contributed by atoms with van der Waals surface area (Å²) in [5, 5.41) is 7.08. The van der Waals surface area contributed by atoms with Gasteiger partial charge in [-0.05, 0) is 44.4 Å². The van der Waals surface area contributed by atoms with Crippen LogP contribution in [0.2, 0.25) is 0 Å². The Hall–Kier alpha value is -0.280. The standard InChI is InChI=1S/C19H34N2O.ClH/c1-2-6-15(11-14-7-4-3-5-8-14)19(22)21-18-12-16-9-10-17(13-18)20-16;/h14-18,20H,2-13H2,1H3,(H,21,22);1H. The molecule has 2 heterocycles. The molecule has 2 aliphatic heterocycles. The van der Waals surface area contributed by atoms with Gasteiger partial charge in [-0.15, -0.1) is 12.4 Å². The first-order valence-corrected chi connectivity index (χ1v) is 9.81. The Kier molecular flexibility index (Phi) is 7.68. The van der Waals surface area contributed by atoms with Gasteiger partial charge in [-0.2, -0.15) is 0 Å². The van der Waals surface area contributed by atoms with Gasteiger partial charge in [0.05, 0.1) is 0 Å². The van der Waals surface area contributed by atoms with Crippen LogP contribution >= 0.6 is 12.4 Å². The van der Waals surface area contributed by atoms with Gasteiger partial charge in [0.15, 0.2) is 0 Å². The van der Waals surface area contributed by atoms with E-state index in [0.717, 1.165) is 38.0 Å². The van der Waals surface area contributed by atoms with E-state index in [1.165, 1.54) is 44.9 Å². The summed E-state index contributed by atoms with van der Waals surface area (Å²) in [6.45, 7) is 2.21. The van der Waals surface area contributed by atoms with Crippen LogP contribution in [-0.2, 0) is 4.79 Å². The zero-order valence-corrected chi connectivity index (χ0v) is 15.5. The smallest absolute Gasteiger partial charge is 0.223 e. The monoisotopic (exact) mass is 342 g/mol. The minimum absolute atomic E-state index is 0. The van der Waals surface area contributed by atoms with E-state index in [-0.39, 0.29) is 18.3 Å². The number of halogens is 1. The lowest BCUT2D eigenvalue weighted by Crippen LogP contribution is -2.49. The van der Waals surface area contributed by atoms with Crippen molar-refractivity contribution in [2.45, 2.75) is 102 Å². The van der Waals surface area contributed by atoms with E-state index in [9.17, 15) is 4.79 Å². The largest absolute Gasteiger partial charge is 0.353 e. The summed E-state index contributed by atoms with van der Waals surface area (Å²) in [4.78, 5) is 12.8. The van der Waals surface area contributed by atoms with Crippen LogP contribution in [0, 0.1) is 11.8 Å². The minimum Gasteiger partial charge on any atom is -0.353 e. The molecule has 0 aromatic carbocycles. The maximum atomic E-state index is 12.8. The van der Waals surface area contributed by atoms with Crippen LogP contribution in [-0.4, -0.2) is 24.0 Å². The Morgan fingerprint density at radius 1 is 1.09 bits per heavy atom. The lowest BCUT2D eigenvalue weighted by atomic mass is 9.81. The summed E-state index contributed by atoms with van der Waals surface area (Å²) >= 11 is 0. The molecule has 0 aromatic heterocycles. The average molecular weight is 343 g/mol. The highest BCUT2D eigenvalue weighted by Gasteiger charge is 2.35. The number of nitrogens with one attached hydrogen (secondary N) is 2. The fourth-order valence-electron chi connectivity index (χ4n) is 5.02. The van der Waals surface area contributed by atoms with Gasteiger partial charge in [0.2, 0.25) is 5.91 Å². The molecule has 4 heteroatoms. The van der Waals surface area contributed by atoms with Crippen LogP contribution in [0.15, 0.2) is 0 Å². The topological polar surface area (TPSA) is 41.1 Å². The first-order chi connectivity index (χ1) is 10.7. The molecule has 3 unspecified atom stereocenters. The second-order valence-corrected chi connectivity index (χ2v) is 8.04. The number of fused-ring (bicyclic) bond motifs is 2. The molecule has 3 nitrogen and oxygen atoms in total. The Morgan fingerprint density at radius 2 is 1.74 bits per heavy atom. The van der Waals surface area contributed by atoms with E-state index < -0.39 is 0 Å². The van der Waals surface area contributed by atoms with E-state index in [4.69, 9.17) is 0 Å². The predicted molar refractivity (Wildman–Crippen MR) is 97.9 cm³/mol. The third-order valence-electron chi connectivity index (χ3n) is 6.17. The van der Waals surface area contributed by atoms with Crippen molar-refractivity contribution >= 4 is 18.3 Å². The zero-order chi connectivity index (χ0) is 15.4. The molecular formula is C19H35ClN2O. The highest BCUT2D eigenvalue weighted by atomic mass is 35.5. The van der Waals surface area contributed by atoms with E-state index in [1.807, 2.05) is 0 Å². The number of piperidine rings is 1. The fraction of sp³-hybridized carbons (Fsp3) is 0.947. The van der Waals surface area contributed by atoms with Crippen molar-refractivity contribution in [1.29, 1.82) is 0 Å². The van der Waals surface area contributed by atoms with Gasteiger partial charge in [-0.25, -0.2) is 0 Å². The van der Waals surface area contributed by atoms with Crippen molar-refractivity contribution in [3.63, 3.8) is 0 Å². The average Bonchev–Trinajstić information content (AvgIpc) is 2.86. The predicted octanol–water partition coefficient (Wildman–Crippen LogP) is 4.19. The van der Waals surface area contributed by atoms with Gasteiger partial charge in [0.25, 0.3) is 0 Å². The summed E-state index contributed by atoms with van der Waals surface area (Å²) in [6.07, 6.45) is 15.1. The molecule has 23 heavy (non-hydrogen) atoms. The van der Waals surface area contributed by atoms with Crippen molar-refractivity contribution in [2.75, 3.05) is 0 Å². The van der Waals surface area contributed by atoms with Gasteiger partial charge in [0.1, 0.15) is 0 Å². The Balaban J connectivity index is 0.00000192. The normalized spacial score (nSPS) is 32.1. The first-order valence-electron chi connectivity index (χ1n) is 9.81. The van der Waals surface area contributed by atoms with Gasteiger partial charge in [-0.3, -0.25) is 4.79 Å². The van der Waals surface area contributed by atoms with E-state index >= 15 is 0 Å². The zero-order valence-electron chi connectivity index (χ0n) is 14.7. The Morgan fingerprint density at radius 3 is 2.35 bits per heavy atom. The van der Waals surface area contributed by atoms with Crippen LogP contribution in [0.25, 0.3) is 0 Å². The third kappa shape index (κ3) is 5.35. The first kappa shape index (κ1) is 19.1. The molecule has 1 amide bonds. The fourth-order valence-corrected chi connectivity index (χ4v) is 5.02. The molecule has 0 spiro atoms. The van der Waals surface area contributed by atoms with Gasteiger partial charge in [-0.1, -0.05) is 45.4 Å². The maximum absolute atomic E-state index is 12.8. The van der Waals surface area contributed by atoms with Crippen LogP contribution < -0.4 is 10.6 Å². The van der Waals surface area contributed by atoms with Crippen molar-refractivity contribution in [2.24, 2.45) is 11.8 Å². The quantitative estimate of drug-likeness (QED) is 0.759. The van der Waals surface area contributed by atoms with Crippen molar-refractivity contribution < 1.29 is 4.79 Å². The third-order valence-corrected chi connectivity index (χ3v) is 6.17. The number of carbonyl (C=O) groups excluding carboxylic acids is 1. The van der Waals surface area contributed by atoms with Crippen LogP contribution in [0.3, 0.4) is 0 Å². The summed E-state index contributed by atoms with van der Waals surface area (Å²) in [6, 6.07) is 1.75. The number of rotatable bonds is 6. The molecule has 1 saturated carbocycles. The minimum atomic E-state index is 0. The molecule has 3 aliphatic rings. The highest BCUT2D eigenvalue weighted by molar-refractivity contribution is 5.85. The SMILES string of the molecule is CCCC(CC1CCCCC1)C(=O)NC1CC2CCC(C1)N2.Cl. The number of hydrogen-bond acceptors (Lipinski definition) is 2. The molecule has 3 atom stereocenters. The molecule has 0 aromatic rings. The number of carbonyl (C=O) groups is 1. The van der Waals surface area contributed by atoms with Gasteiger partial charge < -0.3 is 10.6 Å². The van der Waals surface area contributed by atoms with Crippen LogP contribution in [0.1, 0.15) is 84.0 Å². The van der Waals surface area contributed by atoms with Crippen LogP contribution in [0.4, 0.5) is 0 Å². The van der Waals surface area contributed by atoms with Crippen LogP contribution in [0.5, 0.6) is 0 Å². The molecule has 3 fully saturated rings. The summed E-state index contributed by atoms with van der Waals surface area (Å²) < 4.78 is 0. The molecule has 2 N–H and O–H groups in total. The number of amides is 1. The Bertz CT molecular complexity index is 358. The molecular weight excluding hydrogens is 308 g/mol. The second kappa shape index (κ2) is 9.27. The van der Waals surface area contributed by atoms with E-state index in [0.29, 0.717) is 24.0 Å². The molecule has 134 valence electrons. The summed E-state index contributed by atoms with van der Waals surface area (Å²) in [5.41, 5.74) is 0. The van der Waals surface area contributed by atoms with E-state index in [1.54, 1.807) is 0 Å². The second-order valence-electron chi connectivity index (χ2n) is 8.04. The maximum Gasteiger partial charge on any atom is 0.223 e. The Labute approximate surface area is 148 Å². The molecule has 3 rings (SSSR count). The lowest BCUT2D eigenvalue weighted by Gasteiger charge is -2.32. The van der Waals surface area contributed by atoms with Gasteiger partial charge >= 0.3 is 0 Å². The molecule has 2 saturated heterocycles. The van der Waals surface area contributed by atoms with E-state index in [2.05, 4.69) is 17.6 Å². The summed E-state index contributed by atoms with van der Waals surface area (Å²) in [5.74, 6) is 1.43. The summed E-state index contributed by atoms with van der Waals surface area (Å²) in [7, 11) is 0. The molecule has 2 bridgehead atoms. The van der Waals surface area contributed by atoms with Crippen molar-refractivity contribution in [3.05, 3.63) is 0 Å². The van der Waals surface area contributed by atoms with Crippen molar-refractivity contribution in [1.82, 2.24) is 10.6 Å². The van der Waals surface area contributed by atoms with Gasteiger partial charge in [0, 0.05) is 24.0 Å². The highest BCUT2D eigenvalue weighted by Crippen LogP contribution is 2.31. The molecule has 1 aliphatic carbocycles. The lowest BCUT2D eigenvalue weighted by molar-refractivity contribution is -0.126. The van der Waals surface area contributed by atoms with Crippen molar-refractivity contribution in [3.8, 4) is 0 Å². The number of hydrogen-bond donors (Lipinski definition) is 2.